The van der Waals surface area contributed by atoms with E-state index in [0.29, 0.717) is 6.54 Å². The Hall–Kier alpha value is -1.73. The minimum atomic E-state index is 0.161. The first kappa shape index (κ1) is 13.3. The first-order valence-electron chi connectivity index (χ1n) is 7.10. The molecule has 0 amide bonds. The van der Waals surface area contributed by atoms with E-state index in [9.17, 15) is 0 Å². The second kappa shape index (κ2) is 6.15. The van der Waals surface area contributed by atoms with Gasteiger partial charge in [0, 0.05) is 32.0 Å². The van der Waals surface area contributed by atoms with Crippen LogP contribution in [0.4, 0.5) is 0 Å². The Balaban J connectivity index is 1.70. The van der Waals surface area contributed by atoms with Crippen LogP contribution in [0, 0.1) is 0 Å². The predicted molar refractivity (Wildman–Crippen MR) is 74.1 cm³/mol. The molecule has 0 bridgehead atoms. The number of aromatic nitrogens is 5. The number of ether oxygens (including phenoxy) is 1. The standard InChI is InChI=1S/C13H20N6O/c1-2-5-18-6-3-15-13(18)12-10-19(17-16-12)9-11-8-14-4-7-20-11/h3,6,10-11,14H,2,4-5,7-9H2,1H3. The molecule has 3 rings (SSSR count). The normalized spacial score (nSPS) is 19.4. The van der Waals surface area contributed by atoms with Gasteiger partial charge < -0.3 is 14.6 Å². The van der Waals surface area contributed by atoms with Crippen LogP contribution in [0.1, 0.15) is 13.3 Å². The van der Waals surface area contributed by atoms with Crippen LogP contribution in [0.2, 0.25) is 0 Å². The van der Waals surface area contributed by atoms with E-state index in [1.54, 1.807) is 6.20 Å². The number of imidazole rings is 1. The van der Waals surface area contributed by atoms with Crippen LogP contribution in [-0.4, -0.2) is 50.3 Å². The molecule has 3 heterocycles. The first-order chi connectivity index (χ1) is 9.86. The van der Waals surface area contributed by atoms with Crippen LogP contribution in [0.25, 0.3) is 11.5 Å². The van der Waals surface area contributed by atoms with E-state index in [-0.39, 0.29) is 6.10 Å². The summed E-state index contributed by atoms with van der Waals surface area (Å²) < 4.78 is 9.61. The van der Waals surface area contributed by atoms with E-state index in [1.807, 2.05) is 17.1 Å². The number of morpholine rings is 1. The fraction of sp³-hybridized carbons (Fsp3) is 0.615. The molecule has 7 heteroatoms. The minimum absolute atomic E-state index is 0.161. The third-order valence-electron chi connectivity index (χ3n) is 3.34. The predicted octanol–water partition coefficient (Wildman–Crippen LogP) is 0.540. The summed E-state index contributed by atoms with van der Waals surface area (Å²) >= 11 is 0. The molecule has 0 aromatic carbocycles. The van der Waals surface area contributed by atoms with Gasteiger partial charge in [0.1, 0.15) is 5.69 Å². The largest absolute Gasteiger partial charge is 0.374 e. The summed E-state index contributed by atoms with van der Waals surface area (Å²) in [5.41, 5.74) is 0.812. The van der Waals surface area contributed by atoms with Crippen molar-refractivity contribution >= 4 is 0 Å². The molecule has 0 saturated carbocycles. The summed E-state index contributed by atoms with van der Waals surface area (Å²) in [5.74, 6) is 0.876. The van der Waals surface area contributed by atoms with E-state index in [0.717, 1.165) is 44.2 Å². The highest BCUT2D eigenvalue weighted by Crippen LogP contribution is 2.14. The maximum atomic E-state index is 5.67. The van der Waals surface area contributed by atoms with Crippen LogP contribution in [-0.2, 0) is 17.8 Å². The SMILES string of the molecule is CCCn1ccnc1-c1cn(CC2CNCCO2)nn1. The highest BCUT2D eigenvalue weighted by atomic mass is 16.5. The molecule has 20 heavy (non-hydrogen) atoms. The summed E-state index contributed by atoms with van der Waals surface area (Å²) in [4.78, 5) is 4.37. The zero-order valence-corrected chi connectivity index (χ0v) is 11.7. The summed E-state index contributed by atoms with van der Waals surface area (Å²) in [5, 5.41) is 11.7. The van der Waals surface area contributed by atoms with E-state index < -0.39 is 0 Å². The van der Waals surface area contributed by atoms with Gasteiger partial charge in [-0.15, -0.1) is 5.10 Å². The van der Waals surface area contributed by atoms with Gasteiger partial charge in [0.25, 0.3) is 0 Å². The van der Waals surface area contributed by atoms with Gasteiger partial charge in [-0.3, -0.25) is 0 Å². The average molecular weight is 276 g/mol. The van der Waals surface area contributed by atoms with Gasteiger partial charge in [-0.25, -0.2) is 9.67 Å². The third kappa shape index (κ3) is 2.88. The van der Waals surface area contributed by atoms with Crippen LogP contribution in [0.3, 0.4) is 0 Å². The zero-order chi connectivity index (χ0) is 13.8. The summed E-state index contributed by atoms with van der Waals surface area (Å²) in [6.45, 7) is 6.35. The number of aryl methyl sites for hydroxylation is 1. The number of nitrogens with one attached hydrogen (secondary N) is 1. The summed E-state index contributed by atoms with van der Waals surface area (Å²) in [7, 11) is 0. The molecule has 108 valence electrons. The van der Waals surface area contributed by atoms with Gasteiger partial charge >= 0.3 is 0 Å². The molecule has 1 aliphatic rings. The van der Waals surface area contributed by atoms with Crippen molar-refractivity contribution in [3.05, 3.63) is 18.6 Å². The second-order valence-corrected chi connectivity index (χ2v) is 4.97. The fourth-order valence-electron chi connectivity index (χ4n) is 2.40. The van der Waals surface area contributed by atoms with Crippen molar-refractivity contribution in [3.63, 3.8) is 0 Å². The number of hydrogen-bond donors (Lipinski definition) is 1. The zero-order valence-electron chi connectivity index (χ0n) is 11.7. The summed E-state index contributed by atoms with van der Waals surface area (Å²) in [6.07, 6.45) is 6.95. The van der Waals surface area contributed by atoms with Crippen LogP contribution in [0.15, 0.2) is 18.6 Å². The maximum Gasteiger partial charge on any atom is 0.162 e. The number of nitrogens with zero attached hydrogens (tertiary/aromatic N) is 5. The molecule has 7 nitrogen and oxygen atoms in total. The van der Waals surface area contributed by atoms with Gasteiger partial charge in [-0.1, -0.05) is 12.1 Å². The van der Waals surface area contributed by atoms with Crippen molar-refractivity contribution in [2.24, 2.45) is 0 Å². The molecule has 1 N–H and O–H groups in total. The minimum Gasteiger partial charge on any atom is -0.374 e. The van der Waals surface area contributed by atoms with Crippen LogP contribution < -0.4 is 5.32 Å². The Morgan fingerprint density at radius 3 is 3.25 bits per heavy atom. The molecule has 2 aromatic heterocycles. The molecule has 1 atom stereocenters. The highest BCUT2D eigenvalue weighted by Gasteiger charge is 2.16. The Morgan fingerprint density at radius 2 is 2.45 bits per heavy atom. The van der Waals surface area contributed by atoms with Gasteiger partial charge in [0.05, 0.1) is 25.5 Å². The Labute approximate surface area is 117 Å². The molecule has 1 saturated heterocycles. The highest BCUT2D eigenvalue weighted by molar-refractivity contribution is 5.47. The van der Waals surface area contributed by atoms with Gasteiger partial charge in [0.15, 0.2) is 5.82 Å². The lowest BCUT2D eigenvalue weighted by Crippen LogP contribution is -2.40. The monoisotopic (exact) mass is 276 g/mol. The van der Waals surface area contributed by atoms with Crippen molar-refractivity contribution in [2.75, 3.05) is 19.7 Å². The van der Waals surface area contributed by atoms with Gasteiger partial charge in [-0.05, 0) is 6.42 Å². The smallest absolute Gasteiger partial charge is 0.162 e. The molecule has 2 aromatic rings. The van der Waals surface area contributed by atoms with Gasteiger partial charge in [0.2, 0.25) is 0 Å². The topological polar surface area (TPSA) is 69.8 Å². The Morgan fingerprint density at radius 1 is 1.50 bits per heavy atom. The lowest BCUT2D eigenvalue weighted by molar-refractivity contribution is 0.0158. The second-order valence-electron chi connectivity index (χ2n) is 4.97. The number of rotatable bonds is 5. The molecule has 1 fully saturated rings. The van der Waals surface area contributed by atoms with E-state index in [4.69, 9.17) is 4.74 Å². The van der Waals surface area contributed by atoms with Gasteiger partial charge in [-0.2, -0.15) is 0 Å². The third-order valence-corrected chi connectivity index (χ3v) is 3.34. The van der Waals surface area contributed by atoms with E-state index >= 15 is 0 Å². The molecule has 0 spiro atoms. The van der Waals surface area contributed by atoms with Crippen molar-refractivity contribution in [3.8, 4) is 11.5 Å². The van der Waals surface area contributed by atoms with Crippen molar-refractivity contribution in [1.29, 1.82) is 0 Å². The Kier molecular flexibility index (Phi) is 4.08. The molecular weight excluding hydrogens is 256 g/mol. The molecule has 1 aliphatic heterocycles. The molecule has 1 unspecified atom stereocenters. The van der Waals surface area contributed by atoms with Crippen molar-refractivity contribution < 1.29 is 4.74 Å². The lowest BCUT2D eigenvalue weighted by Gasteiger charge is -2.23. The molecule has 0 radical (unpaired) electrons. The number of hydrogen-bond acceptors (Lipinski definition) is 5. The first-order valence-corrected chi connectivity index (χ1v) is 7.10. The van der Waals surface area contributed by atoms with Crippen LogP contribution in [0.5, 0.6) is 0 Å². The lowest BCUT2D eigenvalue weighted by atomic mass is 10.3. The molecule has 0 aliphatic carbocycles. The average Bonchev–Trinajstić information content (AvgIpc) is 3.09. The maximum absolute atomic E-state index is 5.67. The summed E-state index contributed by atoms with van der Waals surface area (Å²) in [6, 6.07) is 0. The van der Waals surface area contributed by atoms with E-state index in [1.165, 1.54) is 0 Å². The van der Waals surface area contributed by atoms with Crippen molar-refractivity contribution in [2.45, 2.75) is 32.5 Å². The fourth-order valence-corrected chi connectivity index (χ4v) is 2.40. The molecular formula is C13H20N6O. The van der Waals surface area contributed by atoms with Crippen molar-refractivity contribution in [1.82, 2.24) is 29.9 Å². The van der Waals surface area contributed by atoms with Crippen LogP contribution >= 0.6 is 0 Å². The Bertz CT molecular complexity index is 543. The quantitative estimate of drug-likeness (QED) is 0.863. The van der Waals surface area contributed by atoms with E-state index in [2.05, 4.69) is 32.1 Å².